The summed E-state index contributed by atoms with van der Waals surface area (Å²) in [7, 11) is 2.01. The van der Waals surface area contributed by atoms with Gasteiger partial charge < -0.3 is 4.90 Å². The maximum atomic E-state index is 13.2. The van der Waals surface area contributed by atoms with Crippen LogP contribution in [0.4, 0.5) is 5.69 Å². The fourth-order valence-electron chi connectivity index (χ4n) is 4.74. The van der Waals surface area contributed by atoms with E-state index in [4.69, 9.17) is 0 Å². The Morgan fingerprint density at radius 1 is 0.844 bits per heavy atom. The molecule has 3 aliphatic rings. The number of allylic oxidation sites excluding steroid dienone is 1. The van der Waals surface area contributed by atoms with Crippen molar-refractivity contribution in [2.45, 2.75) is 19.3 Å². The van der Waals surface area contributed by atoms with Crippen molar-refractivity contribution in [3.63, 3.8) is 0 Å². The number of fused-ring (bicyclic) bond motifs is 2. The summed E-state index contributed by atoms with van der Waals surface area (Å²) < 4.78 is 0. The van der Waals surface area contributed by atoms with Gasteiger partial charge in [-0.25, -0.2) is 0 Å². The summed E-state index contributed by atoms with van der Waals surface area (Å²) >= 11 is 0. The molecule has 6 nitrogen and oxygen atoms in total. The molecule has 2 aromatic rings. The number of likely N-dealkylation sites (N-methyl/N-ethyl adjacent to an activating group) is 1. The molecule has 0 unspecified atom stereocenters. The first kappa shape index (κ1) is 19.9. The highest BCUT2D eigenvalue weighted by molar-refractivity contribution is 5.82. The molecular weight excluding hydrogens is 402 g/mol. The molecule has 32 heavy (non-hydrogen) atoms. The van der Waals surface area contributed by atoms with E-state index in [2.05, 4.69) is 41.4 Å². The zero-order valence-electron chi connectivity index (χ0n) is 18.0. The molecule has 0 saturated carbocycles. The summed E-state index contributed by atoms with van der Waals surface area (Å²) in [4.78, 5) is 40.7. The molecular formula is C26H22N3O3+. The van der Waals surface area contributed by atoms with Gasteiger partial charge in [0.1, 0.15) is 5.22 Å². The van der Waals surface area contributed by atoms with Crippen molar-refractivity contribution in [3.8, 4) is 0 Å². The Hall–Kier alpha value is -4.06. The minimum Gasteiger partial charge on any atom is -0.346 e. The molecule has 0 amide bonds. The average Bonchev–Trinajstić information content (AvgIpc) is 2.99. The van der Waals surface area contributed by atoms with Gasteiger partial charge in [-0.1, -0.05) is 56.3 Å². The number of anilines is 1. The number of hydrogen-bond acceptors (Lipinski definition) is 5. The molecule has 0 aromatic heterocycles. The van der Waals surface area contributed by atoms with Gasteiger partial charge >= 0.3 is 0 Å². The maximum absolute atomic E-state index is 13.2. The summed E-state index contributed by atoms with van der Waals surface area (Å²) in [5.74, 6) is 0. The molecule has 1 aliphatic heterocycles. The number of nitrogens with zero attached hydrogens (tertiary/aromatic N) is 1. The van der Waals surface area contributed by atoms with E-state index in [0.29, 0.717) is 10.7 Å². The Balaban J connectivity index is 1.70. The van der Waals surface area contributed by atoms with Gasteiger partial charge in [-0.3, -0.25) is 14.4 Å². The molecule has 6 heteroatoms. The van der Waals surface area contributed by atoms with Crippen LogP contribution in [0.25, 0.3) is 10.8 Å². The number of benzene rings is 2. The quantitative estimate of drug-likeness (QED) is 0.452. The van der Waals surface area contributed by atoms with E-state index >= 15 is 0 Å². The topological polar surface area (TPSA) is 80.5 Å². The Bertz CT molecular complexity index is 1710. The Kier molecular flexibility index (Phi) is 4.34. The first-order chi connectivity index (χ1) is 15.3. The van der Waals surface area contributed by atoms with Crippen molar-refractivity contribution in [3.05, 3.63) is 125 Å². The lowest BCUT2D eigenvalue weighted by Gasteiger charge is -2.23. The van der Waals surface area contributed by atoms with Crippen LogP contribution >= 0.6 is 0 Å². The molecule has 5 rings (SSSR count). The fraction of sp³-hybridized carbons (Fsp3) is 0.154. The Morgan fingerprint density at radius 2 is 1.47 bits per heavy atom. The Labute approximate surface area is 183 Å². The molecule has 2 aromatic carbocycles. The number of para-hydroxylation sites is 1. The molecule has 2 N–H and O–H groups in total. The van der Waals surface area contributed by atoms with Crippen LogP contribution in [0, 0.1) is 10.4 Å². The van der Waals surface area contributed by atoms with Gasteiger partial charge in [0.25, 0.3) is 0 Å². The lowest BCUT2D eigenvalue weighted by atomic mass is 9.84. The molecule has 2 aliphatic carbocycles. The van der Waals surface area contributed by atoms with Gasteiger partial charge in [-0.05, 0) is 17.7 Å². The van der Waals surface area contributed by atoms with Crippen molar-refractivity contribution in [2.75, 3.05) is 11.9 Å². The predicted octanol–water partition coefficient (Wildman–Crippen LogP) is 0.276. The summed E-state index contributed by atoms with van der Waals surface area (Å²) in [6.07, 6.45) is 1.85. The van der Waals surface area contributed by atoms with E-state index in [-0.39, 0.29) is 26.7 Å². The van der Waals surface area contributed by atoms with E-state index in [1.165, 1.54) is 17.7 Å². The van der Waals surface area contributed by atoms with Crippen LogP contribution in [0.3, 0.4) is 0 Å². The smallest absolute Gasteiger partial charge is 0.239 e. The van der Waals surface area contributed by atoms with Crippen LogP contribution in [0.2, 0.25) is 0 Å². The fourth-order valence-corrected chi connectivity index (χ4v) is 4.74. The second-order valence-corrected chi connectivity index (χ2v) is 8.57. The standard InChI is InChI=1S/C26H21N3O3/c1-26(2)17-10-6-7-11-19(17)29(3)21(26)14-27-28-18-12-13-20(30)23-22(18)24(31)15-8-4-5-9-16(15)25(23)32/h4-14,27H,1-3H3/p+1. The third-order valence-corrected chi connectivity index (χ3v) is 6.39. The van der Waals surface area contributed by atoms with Gasteiger partial charge in [0.2, 0.25) is 10.8 Å². The first-order valence-electron chi connectivity index (χ1n) is 10.4. The second-order valence-electron chi connectivity index (χ2n) is 8.57. The molecule has 0 saturated heterocycles. The van der Waals surface area contributed by atoms with Crippen LogP contribution in [-0.4, -0.2) is 7.05 Å². The van der Waals surface area contributed by atoms with Crippen LogP contribution in [-0.2, 0) is 5.41 Å². The molecule has 0 bridgehead atoms. The first-order valence-corrected chi connectivity index (χ1v) is 10.4. The van der Waals surface area contributed by atoms with Crippen molar-refractivity contribution < 1.29 is 5.10 Å². The van der Waals surface area contributed by atoms with Gasteiger partial charge in [0.15, 0.2) is 10.9 Å². The lowest BCUT2D eigenvalue weighted by molar-refractivity contribution is -0.555. The second kappa shape index (κ2) is 6.99. The van der Waals surface area contributed by atoms with Gasteiger partial charge in [0, 0.05) is 40.7 Å². The van der Waals surface area contributed by atoms with E-state index in [0.717, 1.165) is 11.4 Å². The third kappa shape index (κ3) is 2.73. The monoisotopic (exact) mass is 424 g/mol. The van der Waals surface area contributed by atoms with Crippen molar-refractivity contribution in [1.29, 1.82) is 0 Å². The van der Waals surface area contributed by atoms with E-state index in [9.17, 15) is 14.4 Å². The molecule has 0 atom stereocenters. The molecule has 0 radical (unpaired) electrons. The normalized spacial score (nSPS) is 16.8. The largest absolute Gasteiger partial charge is 0.346 e. The molecule has 158 valence electrons. The minimum atomic E-state index is -0.455. The average molecular weight is 424 g/mol. The summed E-state index contributed by atoms with van der Waals surface area (Å²) in [5.41, 5.74) is 5.03. The predicted molar refractivity (Wildman–Crippen MR) is 124 cm³/mol. The summed E-state index contributed by atoms with van der Waals surface area (Å²) in [5, 5.41) is 4.01. The van der Waals surface area contributed by atoms with Crippen LogP contribution < -0.4 is 37.1 Å². The molecule has 0 fully saturated rings. The lowest BCUT2D eigenvalue weighted by Crippen LogP contribution is -2.85. The summed E-state index contributed by atoms with van der Waals surface area (Å²) in [6, 6.07) is 17.7. The summed E-state index contributed by atoms with van der Waals surface area (Å²) in [6.45, 7) is 4.30. The minimum absolute atomic E-state index is 0.0844. The zero-order valence-corrected chi connectivity index (χ0v) is 18.0. The van der Waals surface area contributed by atoms with E-state index in [1.807, 2.05) is 25.4 Å². The SMILES string of the molecule is CN1C(=CN[NH+]=c2ccc(=O)c3c(=O)c4ccccc4c(=O)c2=3)C(C)(C)c2ccccc21. The number of rotatable bonds is 2. The highest BCUT2D eigenvalue weighted by Crippen LogP contribution is 2.46. The van der Waals surface area contributed by atoms with E-state index in [1.54, 1.807) is 24.3 Å². The van der Waals surface area contributed by atoms with E-state index < -0.39 is 10.9 Å². The number of hydrazine groups is 1. The van der Waals surface area contributed by atoms with Crippen LogP contribution in [0.15, 0.2) is 86.9 Å². The van der Waals surface area contributed by atoms with Crippen LogP contribution in [0.5, 0.6) is 0 Å². The Morgan fingerprint density at radius 3 is 2.16 bits per heavy atom. The number of hydrogen-bond donors (Lipinski definition) is 2. The maximum Gasteiger partial charge on any atom is 0.239 e. The number of nitrogens with one attached hydrogen (secondary N) is 2. The van der Waals surface area contributed by atoms with Crippen LogP contribution in [0.1, 0.15) is 19.4 Å². The zero-order chi connectivity index (χ0) is 22.6. The molecule has 0 spiro atoms. The van der Waals surface area contributed by atoms with Gasteiger partial charge in [-0.2, -0.15) is 5.43 Å². The van der Waals surface area contributed by atoms with Crippen molar-refractivity contribution in [1.82, 2.24) is 5.43 Å². The third-order valence-electron chi connectivity index (χ3n) is 6.39. The molecule has 1 heterocycles. The van der Waals surface area contributed by atoms with Gasteiger partial charge in [-0.15, -0.1) is 5.10 Å². The van der Waals surface area contributed by atoms with Crippen molar-refractivity contribution >= 4 is 16.5 Å². The van der Waals surface area contributed by atoms with Crippen molar-refractivity contribution in [2.24, 2.45) is 0 Å². The van der Waals surface area contributed by atoms with Gasteiger partial charge in [0.05, 0.1) is 11.4 Å². The highest BCUT2D eigenvalue weighted by atomic mass is 16.1. The highest BCUT2D eigenvalue weighted by Gasteiger charge is 2.38.